The summed E-state index contributed by atoms with van der Waals surface area (Å²) < 4.78 is 2.21. The summed E-state index contributed by atoms with van der Waals surface area (Å²) in [6.07, 6.45) is 1.05. The summed E-state index contributed by atoms with van der Waals surface area (Å²) in [4.78, 5) is 29.1. The van der Waals surface area contributed by atoms with E-state index in [9.17, 15) is 9.59 Å². The Morgan fingerprint density at radius 3 is 2.59 bits per heavy atom. The minimum Gasteiger partial charge on any atom is -0.325 e. The predicted molar refractivity (Wildman–Crippen MR) is 120 cm³/mol. The number of carbonyl (C=O) groups excluding carboxylic acids is 2. The van der Waals surface area contributed by atoms with E-state index in [-0.39, 0.29) is 16.9 Å². The molecule has 1 heterocycles. The molecule has 0 saturated heterocycles. The third kappa shape index (κ3) is 5.26. The molecule has 29 heavy (non-hydrogen) atoms. The number of anilines is 1. The number of hydrogen-bond donors (Lipinski definition) is 1. The molecule has 2 aromatic carbocycles. The van der Waals surface area contributed by atoms with Crippen LogP contribution in [0.1, 0.15) is 44.5 Å². The van der Waals surface area contributed by atoms with Crippen LogP contribution in [0.15, 0.2) is 53.7 Å². The minimum atomic E-state index is -0.328. The number of ketones is 1. The molecule has 1 aromatic heterocycles. The summed E-state index contributed by atoms with van der Waals surface area (Å²) in [5, 5.41) is 3.44. The summed E-state index contributed by atoms with van der Waals surface area (Å²) in [5.74, 6) is 0.448. The zero-order chi connectivity index (χ0) is 21.0. The quantitative estimate of drug-likeness (QED) is 0.399. The Balaban J connectivity index is 1.77. The van der Waals surface area contributed by atoms with Crippen molar-refractivity contribution in [1.29, 1.82) is 0 Å². The normalized spacial score (nSPS) is 12.3. The van der Waals surface area contributed by atoms with Gasteiger partial charge >= 0.3 is 0 Å². The van der Waals surface area contributed by atoms with Crippen molar-refractivity contribution >= 4 is 40.2 Å². The molecular weight excluding hydrogens is 382 g/mol. The highest BCUT2D eigenvalue weighted by Gasteiger charge is 2.20. The molecule has 0 spiro atoms. The van der Waals surface area contributed by atoms with E-state index in [1.54, 1.807) is 24.3 Å². The number of nitrogens with zero attached hydrogens (tertiary/aromatic N) is 2. The summed E-state index contributed by atoms with van der Waals surface area (Å²) in [6, 6.07) is 15.1. The zero-order valence-corrected chi connectivity index (χ0v) is 18.1. The number of carbonyl (C=O) groups is 2. The van der Waals surface area contributed by atoms with Crippen LogP contribution in [-0.4, -0.2) is 26.5 Å². The van der Waals surface area contributed by atoms with E-state index in [0.29, 0.717) is 17.2 Å². The molecule has 3 rings (SSSR count). The first-order valence-corrected chi connectivity index (χ1v) is 10.8. The maximum Gasteiger partial charge on any atom is 0.237 e. The maximum absolute atomic E-state index is 12.7. The van der Waals surface area contributed by atoms with Crippen molar-refractivity contribution in [1.82, 2.24) is 9.55 Å². The predicted octanol–water partition coefficient (Wildman–Crippen LogP) is 5.40. The van der Waals surface area contributed by atoms with Crippen LogP contribution in [-0.2, 0) is 11.3 Å². The van der Waals surface area contributed by atoms with E-state index in [0.717, 1.165) is 29.2 Å². The number of rotatable bonds is 8. The van der Waals surface area contributed by atoms with Crippen molar-refractivity contribution in [2.45, 2.75) is 51.1 Å². The largest absolute Gasteiger partial charge is 0.325 e. The lowest BCUT2D eigenvalue weighted by molar-refractivity contribution is -0.115. The second-order valence-electron chi connectivity index (χ2n) is 7.60. The van der Waals surface area contributed by atoms with Crippen LogP contribution in [0, 0.1) is 5.92 Å². The van der Waals surface area contributed by atoms with Gasteiger partial charge in [-0.1, -0.05) is 49.9 Å². The standard InChI is InChI=1S/C23H27N3O2S/c1-15(2)12-13-26-21-11-6-5-10-20(21)25-23(26)29-17(4)22(28)24-19-9-7-8-18(14-19)16(3)27/h5-11,14-15,17H,12-13H2,1-4H3,(H,24,28). The van der Waals surface area contributed by atoms with Gasteiger partial charge in [0.15, 0.2) is 10.9 Å². The summed E-state index contributed by atoms with van der Waals surface area (Å²) in [6.45, 7) is 8.67. The van der Waals surface area contributed by atoms with Gasteiger partial charge in [-0.2, -0.15) is 0 Å². The average molecular weight is 410 g/mol. The Labute approximate surface area is 175 Å². The van der Waals surface area contributed by atoms with E-state index in [1.807, 2.05) is 25.1 Å². The Hall–Kier alpha value is -2.60. The molecule has 1 amide bonds. The van der Waals surface area contributed by atoms with Gasteiger partial charge in [-0.05, 0) is 50.5 Å². The van der Waals surface area contributed by atoms with Crippen LogP contribution in [0.25, 0.3) is 11.0 Å². The van der Waals surface area contributed by atoms with Crippen molar-refractivity contribution < 1.29 is 9.59 Å². The second-order valence-corrected chi connectivity index (χ2v) is 8.91. The van der Waals surface area contributed by atoms with E-state index < -0.39 is 0 Å². The van der Waals surface area contributed by atoms with Gasteiger partial charge in [-0.25, -0.2) is 4.98 Å². The molecule has 1 atom stereocenters. The topological polar surface area (TPSA) is 64.0 Å². The van der Waals surface area contributed by atoms with Crippen molar-refractivity contribution in [2.24, 2.45) is 5.92 Å². The van der Waals surface area contributed by atoms with Gasteiger partial charge < -0.3 is 9.88 Å². The number of para-hydroxylation sites is 2. The highest BCUT2D eigenvalue weighted by molar-refractivity contribution is 8.00. The van der Waals surface area contributed by atoms with Gasteiger partial charge in [-0.15, -0.1) is 0 Å². The summed E-state index contributed by atoms with van der Waals surface area (Å²) >= 11 is 1.46. The Morgan fingerprint density at radius 2 is 1.86 bits per heavy atom. The lowest BCUT2D eigenvalue weighted by atomic mass is 10.1. The van der Waals surface area contributed by atoms with E-state index in [1.165, 1.54) is 18.7 Å². The van der Waals surface area contributed by atoms with Gasteiger partial charge in [-0.3, -0.25) is 9.59 Å². The number of hydrogen-bond acceptors (Lipinski definition) is 4. The van der Waals surface area contributed by atoms with Gasteiger partial charge in [0.1, 0.15) is 0 Å². The monoisotopic (exact) mass is 409 g/mol. The van der Waals surface area contributed by atoms with Gasteiger partial charge in [0.25, 0.3) is 0 Å². The smallest absolute Gasteiger partial charge is 0.237 e. The molecule has 152 valence electrons. The van der Waals surface area contributed by atoms with Crippen molar-refractivity contribution in [3.05, 3.63) is 54.1 Å². The number of Topliss-reactive ketones (excluding diaryl/α,β-unsaturated/α-hetero) is 1. The van der Waals surface area contributed by atoms with Crippen LogP contribution in [0.5, 0.6) is 0 Å². The number of nitrogens with one attached hydrogen (secondary N) is 1. The van der Waals surface area contributed by atoms with E-state index in [2.05, 4.69) is 29.8 Å². The highest BCUT2D eigenvalue weighted by atomic mass is 32.2. The number of imidazole rings is 1. The van der Waals surface area contributed by atoms with E-state index >= 15 is 0 Å². The number of benzene rings is 2. The fourth-order valence-corrected chi connectivity index (χ4v) is 3.97. The third-order valence-electron chi connectivity index (χ3n) is 4.74. The molecule has 0 aliphatic rings. The summed E-state index contributed by atoms with van der Waals surface area (Å²) in [5.41, 5.74) is 3.25. The molecule has 5 nitrogen and oxygen atoms in total. The van der Waals surface area contributed by atoms with Crippen LogP contribution in [0.2, 0.25) is 0 Å². The van der Waals surface area contributed by atoms with Crippen molar-refractivity contribution in [2.75, 3.05) is 5.32 Å². The molecule has 0 bridgehead atoms. The van der Waals surface area contributed by atoms with Crippen LogP contribution in [0.3, 0.4) is 0 Å². The Bertz CT molecular complexity index is 1030. The molecule has 0 fully saturated rings. The number of amides is 1. The molecule has 6 heteroatoms. The zero-order valence-electron chi connectivity index (χ0n) is 17.3. The Kier molecular flexibility index (Phi) is 6.75. The van der Waals surface area contributed by atoms with Crippen LogP contribution < -0.4 is 5.32 Å². The summed E-state index contributed by atoms with van der Waals surface area (Å²) in [7, 11) is 0. The SMILES string of the molecule is CC(=O)c1cccc(NC(=O)C(C)Sc2nc3ccccc3n2CCC(C)C)c1. The Morgan fingerprint density at radius 1 is 1.10 bits per heavy atom. The van der Waals surface area contributed by atoms with Crippen LogP contribution in [0.4, 0.5) is 5.69 Å². The minimum absolute atomic E-state index is 0.0256. The van der Waals surface area contributed by atoms with Crippen molar-refractivity contribution in [3.63, 3.8) is 0 Å². The van der Waals surface area contributed by atoms with Gasteiger partial charge in [0.2, 0.25) is 5.91 Å². The number of thioether (sulfide) groups is 1. The molecular formula is C23H27N3O2S. The van der Waals surface area contributed by atoms with Gasteiger partial charge in [0, 0.05) is 17.8 Å². The maximum atomic E-state index is 12.7. The molecule has 0 radical (unpaired) electrons. The van der Waals surface area contributed by atoms with Gasteiger partial charge in [0.05, 0.1) is 16.3 Å². The highest BCUT2D eigenvalue weighted by Crippen LogP contribution is 2.28. The molecule has 0 saturated carbocycles. The molecule has 1 unspecified atom stereocenters. The average Bonchev–Trinajstić information content (AvgIpc) is 3.03. The number of fused-ring (bicyclic) bond motifs is 1. The fraction of sp³-hybridized carbons (Fsp3) is 0.348. The molecule has 3 aromatic rings. The first-order valence-electron chi connectivity index (χ1n) is 9.89. The molecule has 1 N–H and O–H groups in total. The lowest BCUT2D eigenvalue weighted by Gasteiger charge is -2.14. The van der Waals surface area contributed by atoms with Crippen molar-refractivity contribution in [3.8, 4) is 0 Å². The van der Waals surface area contributed by atoms with Crippen LogP contribution >= 0.6 is 11.8 Å². The molecule has 0 aliphatic carbocycles. The number of aryl methyl sites for hydroxylation is 1. The van der Waals surface area contributed by atoms with E-state index in [4.69, 9.17) is 4.98 Å². The fourth-order valence-electron chi connectivity index (χ4n) is 3.02. The number of aromatic nitrogens is 2. The second kappa shape index (κ2) is 9.27. The first kappa shape index (κ1) is 21.1. The molecule has 0 aliphatic heterocycles. The lowest BCUT2D eigenvalue weighted by Crippen LogP contribution is -2.23. The third-order valence-corrected chi connectivity index (χ3v) is 5.83. The first-order chi connectivity index (χ1) is 13.8.